The first kappa shape index (κ1) is 47.5. The van der Waals surface area contributed by atoms with E-state index in [0.29, 0.717) is 36.9 Å². The van der Waals surface area contributed by atoms with E-state index in [0.717, 1.165) is 96.5 Å². The number of fused-ring (bicyclic) bond motifs is 4. The Balaban J connectivity index is 0.839. The second kappa shape index (κ2) is 21.8. The number of aromatic nitrogens is 1. The summed E-state index contributed by atoms with van der Waals surface area (Å²) < 4.78 is 25.5. The van der Waals surface area contributed by atoms with Gasteiger partial charge in [0.1, 0.15) is 24.2 Å². The molecule has 11 heteroatoms. The molecule has 1 amide bonds. The monoisotopic (exact) mass is 918 g/mol. The number of carbonyl (C=O) groups excluding carboxylic acids is 1. The van der Waals surface area contributed by atoms with Crippen molar-refractivity contribution >= 4 is 37.1 Å². The van der Waals surface area contributed by atoms with E-state index in [1.54, 1.807) is 6.07 Å². The molecule has 0 saturated carbocycles. The van der Waals surface area contributed by atoms with Gasteiger partial charge in [-0.25, -0.2) is 4.79 Å². The third-order valence-corrected chi connectivity index (χ3v) is 18.1. The van der Waals surface area contributed by atoms with Gasteiger partial charge in [0, 0.05) is 30.1 Å². The number of benzene rings is 5. The van der Waals surface area contributed by atoms with Crippen LogP contribution in [0.5, 0.6) is 11.5 Å². The largest absolute Gasteiger partial charge is 0.493 e. The molecule has 3 N–H and O–H groups in total. The summed E-state index contributed by atoms with van der Waals surface area (Å²) >= 11 is 0. The SMILES string of the molecule is CC(C)(C)[Si](C)(C)O[C@@H](CNCCc1ccc(OCC/C=C/c2ccc(NC(=O)O[C@H]3CN4CCC3CC4)c(-c3ccccc3)c2)cc1)c1ccc(OCc2ccccc2)c2[nH]c(=O)ccc12. The van der Waals surface area contributed by atoms with Gasteiger partial charge in [-0.3, -0.25) is 15.0 Å². The first-order valence-electron chi connectivity index (χ1n) is 23.9. The number of hydrogen-bond donors (Lipinski definition) is 3. The van der Waals surface area contributed by atoms with Crippen molar-refractivity contribution in [1.82, 2.24) is 15.2 Å². The molecule has 67 heavy (non-hydrogen) atoms. The summed E-state index contributed by atoms with van der Waals surface area (Å²) in [5, 5.41) is 7.67. The zero-order valence-electron chi connectivity index (χ0n) is 39.7. The van der Waals surface area contributed by atoms with E-state index in [-0.39, 0.29) is 22.8 Å². The molecule has 6 aromatic rings. The van der Waals surface area contributed by atoms with Gasteiger partial charge in [-0.1, -0.05) is 118 Å². The average molecular weight is 919 g/mol. The Morgan fingerprint density at radius 2 is 1.61 bits per heavy atom. The van der Waals surface area contributed by atoms with Gasteiger partial charge in [0.15, 0.2) is 8.32 Å². The zero-order chi connectivity index (χ0) is 46.8. The van der Waals surface area contributed by atoms with Gasteiger partial charge in [0.2, 0.25) is 5.56 Å². The fraction of sp³-hybridized carbons (Fsp3) is 0.357. The smallest absolute Gasteiger partial charge is 0.411 e. The maximum Gasteiger partial charge on any atom is 0.411 e. The molecule has 2 atom stereocenters. The summed E-state index contributed by atoms with van der Waals surface area (Å²) in [6.07, 6.45) is 7.32. The van der Waals surface area contributed by atoms with Gasteiger partial charge in [0.05, 0.1) is 23.9 Å². The van der Waals surface area contributed by atoms with E-state index >= 15 is 0 Å². The number of ether oxygens (including phenoxy) is 3. The quantitative estimate of drug-likeness (QED) is 0.0544. The number of pyridine rings is 1. The summed E-state index contributed by atoms with van der Waals surface area (Å²) in [5.41, 5.74) is 7.54. The van der Waals surface area contributed by atoms with Crippen molar-refractivity contribution in [1.29, 1.82) is 0 Å². The fourth-order valence-corrected chi connectivity index (χ4v) is 10.0. The van der Waals surface area contributed by atoms with E-state index in [2.05, 4.69) is 103 Å². The Morgan fingerprint density at radius 3 is 2.33 bits per heavy atom. The molecule has 10 nitrogen and oxygen atoms in total. The van der Waals surface area contributed by atoms with Gasteiger partial charge in [-0.05, 0) is 134 Å². The van der Waals surface area contributed by atoms with E-state index in [9.17, 15) is 9.59 Å². The van der Waals surface area contributed by atoms with Crippen molar-refractivity contribution < 1.29 is 23.4 Å². The van der Waals surface area contributed by atoms with Crippen molar-refractivity contribution in [2.24, 2.45) is 5.92 Å². The minimum absolute atomic E-state index is 0.0110. The number of amides is 1. The lowest BCUT2D eigenvalue weighted by molar-refractivity contribution is -0.0289. The zero-order valence-corrected chi connectivity index (χ0v) is 40.7. The maximum atomic E-state index is 13.1. The van der Waals surface area contributed by atoms with Crippen LogP contribution in [-0.4, -0.2) is 69.7 Å². The van der Waals surface area contributed by atoms with Crippen molar-refractivity contribution in [3.05, 3.63) is 166 Å². The molecule has 350 valence electrons. The molecule has 3 aliphatic heterocycles. The first-order chi connectivity index (χ1) is 32.4. The van der Waals surface area contributed by atoms with Crippen molar-refractivity contribution in [2.75, 3.05) is 44.6 Å². The Kier molecular flexibility index (Phi) is 15.4. The summed E-state index contributed by atoms with van der Waals surface area (Å²) in [6.45, 7) is 16.7. The van der Waals surface area contributed by atoms with E-state index < -0.39 is 14.4 Å². The second-order valence-corrected chi connectivity index (χ2v) is 24.2. The molecular formula is C56H66N4O6Si. The number of rotatable bonds is 19. The normalized spacial score (nSPS) is 17.7. The van der Waals surface area contributed by atoms with Crippen molar-refractivity contribution in [2.45, 2.75) is 83.4 Å². The number of carbonyl (C=O) groups is 1. The summed E-state index contributed by atoms with van der Waals surface area (Å²) in [4.78, 5) is 31.1. The van der Waals surface area contributed by atoms with Crippen molar-refractivity contribution in [3.8, 4) is 22.6 Å². The molecule has 3 aliphatic rings. The molecule has 4 heterocycles. The molecule has 3 fully saturated rings. The van der Waals surface area contributed by atoms with Gasteiger partial charge < -0.3 is 28.9 Å². The summed E-state index contributed by atoms with van der Waals surface area (Å²) in [6, 6.07) is 42.1. The van der Waals surface area contributed by atoms with Crippen LogP contribution in [0.2, 0.25) is 18.1 Å². The predicted octanol–water partition coefficient (Wildman–Crippen LogP) is 11.8. The highest BCUT2D eigenvalue weighted by atomic mass is 28.4. The third-order valence-electron chi connectivity index (χ3n) is 13.6. The summed E-state index contributed by atoms with van der Waals surface area (Å²) in [7, 11) is -2.20. The predicted molar refractivity (Wildman–Crippen MR) is 273 cm³/mol. The number of nitrogens with zero attached hydrogens (tertiary/aromatic N) is 1. The highest BCUT2D eigenvalue weighted by molar-refractivity contribution is 6.74. The number of piperidine rings is 3. The molecule has 1 aromatic heterocycles. The molecule has 0 unspecified atom stereocenters. The van der Waals surface area contributed by atoms with Gasteiger partial charge in [0.25, 0.3) is 0 Å². The second-order valence-electron chi connectivity index (χ2n) is 19.4. The fourth-order valence-electron chi connectivity index (χ4n) is 8.77. The Bertz CT molecular complexity index is 2660. The lowest BCUT2D eigenvalue weighted by Gasteiger charge is -2.43. The number of nitrogens with one attached hydrogen (secondary N) is 3. The van der Waals surface area contributed by atoms with Crippen LogP contribution in [-0.2, 0) is 22.2 Å². The van der Waals surface area contributed by atoms with E-state index in [1.165, 1.54) is 5.56 Å². The number of hydrogen-bond acceptors (Lipinski definition) is 8. The lowest BCUT2D eigenvalue weighted by atomic mass is 9.86. The average Bonchev–Trinajstić information content (AvgIpc) is 3.33. The number of H-pyrrole nitrogens is 1. The molecule has 2 bridgehead atoms. The molecule has 0 aliphatic carbocycles. The first-order valence-corrected chi connectivity index (χ1v) is 26.8. The maximum absolute atomic E-state index is 13.1. The molecular weight excluding hydrogens is 853 g/mol. The van der Waals surface area contributed by atoms with Crippen molar-refractivity contribution in [3.63, 3.8) is 0 Å². The topological polar surface area (TPSA) is 114 Å². The molecule has 0 spiro atoms. The summed E-state index contributed by atoms with van der Waals surface area (Å²) in [5.74, 6) is 1.92. The van der Waals surface area contributed by atoms with E-state index in [1.807, 2.05) is 84.9 Å². The lowest BCUT2D eigenvalue weighted by Crippen LogP contribution is -2.52. The Morgan fingerprint density at radius 1 is 0.866 bits per heavy atom. The van der Waals surface area contributed by atoms with Crippen LogP contribution in [0.25, 0.3) is 28.1 Å². The minimum atomic E-state index is -2.20. The standard InChI is InChI=1S/C56H66N4O6Si/c1-56(2,3)67(4,5)66-51(46-24-27-50(54-47(46)25-28-53(61)59-54)64-39-42-15-8-6-9-16-42)37-57-32-29-40-19-22-45(23-20-40)63-35-13-12-14-41-21-26-49(48(36-41)43-17-10-7-11-18-43)58-55(62)65-52-38-60-33-30-44(52)31-34-60/h6-12,14-28,36,44,51-52,57H,13,29-35,37-39H2,1-5H3,(H,58,62)(H,59,61)/b14-12+/t51-,52-/m0/s1. The molecule has 3 saturated heterocycles. The highest BCUT2D eigenvalue weighted by Crippen LogP contribution is 2.41. The van der Waals surface area contributed by atoms with E-state index in [4.69, 9.17) is 18.6 Å². The van der Waals surface area contributed by atoms with Crippen LogP contribution in [0.15, 0.2) is 138 Å². The molecule has 0 radical (unpaired) electrons. The van der Waals surface area contributed by atoms with Crippen LogP contribution in [0.4, 0.5) is 10.5 Å². The Labute approximate surface area is 396 Å². The van der Waals surface area contributed by atoms with Crippen LogP contribution in [0, 0.1) is 5.92 Å². The van der Waals surface area contributed by atoms with Gasteiger partial charge >= 0.3 is 6.09 Å². The van der Waals surface area contributed by atoms with Crippen LogP contribution < -0.4 is 25.7 Å². The molecule has 5 aromatic carbocycles. The Hall–Kier alpha value is -5.98. The van der Waals surface area contributed by atoms with Gasteiger partial charge in [-0.2, -0.15) is 0 Å². The third kappa shape index (κ3) is 12.5. The van der Waals surface area contributed by atoms with Gasteiger partial charge in [-0.15, -0.1) is 0 Å². The minimum Gasteiger partial charge on any atom is -0.493 e. The molecule has 9 rings (SSSR count). The van der Waals surface area contributed by atoms with Crippen LogP contribution in [0.1, 0.15) is 68.4 Å². The number of aromatic amines is 1. The highest BCUT2D eigenvalue weighted by Gasteiger charge is 2.40. The van der Waals surface area contributed by atoms with Crippen LogP contribution in [0.3, 0.4) is 0 Å². The van der Waals surface area contributed by atoms with Crippen LogP contribution >= 0.6 is 0 Å². The number of anilines is 1.